The molecule has 0 saturated carbocycles. The number of hydrogen-bond acceptors (Lipinski definition) is 6. The second kappa shape index (κ2) is 9.32. The van der Waals surface area contributed by atoms with E-state index in [0.29, 0.717) is 50.0 Å². The Balaban J connectivity index is 1.29. The van der Waals surface area contributed by atoms with Gasteiger partial charge in [-0.05, 0) is 62.2 Å². The minimum absolute atomic E-state index is 0.0160. The van der Waals surface area contributed by atoms with Crippen LogP contribution in [0.2, 0.25) is 0 Å². The zero-order valence-corrected chi connectivity index (χ0v) is 18.6. The summed E-state index contributed by atoms with van der Waals surface area (Å²) >= 11 is 0. The molecule has 32 heavy (non-hydrogen) atoms. The summed E-state index contributed by atoms with van der Waals surface area (Å²) < 4.78 is 5.17. The topological polar surface area (TPSA) is 91.6 Å². The van der Waals surface area contributed by atoms with Gasteiger partial charge in [-0.3, -0.25) is 14.5 Å². The molecule has 166 valence electrons. The molecule has 2 heterocycles. The van der Waals surface area contributed by atoms with Crippen LogP contribution in [0.15, 0.2) is 47.0 Å². The number of benzene rings is 2. The maximum absolute atomic E-state index is 12.9. The maximum Gasteiger partial charge on any atom is 0.257 e. The minimum Gasteiger partial charge on any atom is -0.336 e. The van der Waals surface area contributed by atoms with Crippen molar-refractivity contribution in [3.05, 3.63) is 65.0 Å². The molecule has 3 aromatic rings. The van der Waals surface area contributed by atoms with Gasteiger partial charge in [0.05, 0.1) is 6.54 Å². The molecule has 0 spiro atoms. The smallest absolute Gasteiger partial charge is 0.257 e. The summed E-state index contributed by atoms with van der Waals surface area (Å²) in [7, 11) is 0. The van der Waals surface area contributed by atoms with E-state index in [9.17, 15) is 9.59 Å². The first kappa shape index (κ1) is 21.7. The Morgan fingerprint density at radius 1 is 1.00 bits per heavy atom. The van der Waals surface area contributed by atoms with Crippen LogP contribution in [-0.4, -0.2) is 64.5 Å². The maximum atomic E-state index is 12.9. The number of carbonyl (C=O) groups excluding carboxylic acids is 2. The number of nitrogens with zero attached hydrogens (tertiary/aromatic N) is 4. The standard InChI is InChI=1S/C24H27N5O3/c1-16-5-4-6-21(17(16)2)26-22(30)15-28-11-13-29(14-12-28)24(31)20-9-7-19(8-10-20)23-25-18(3)27-32-23/h4-10H,11-15H2,1-3H3,(H,26,30). The number of aryl methyl sites for hydroxylation is 2. The molecule has 1 aliphatic rings. The summed E-state index contributed by atoms with van der Waals surface area (Å²) in [5.74, 6) is 0.957. The third-order valence-corrected chi connectivity index (χ3v) is 5.81. The van der Waals surface area contributed by atoms with E-state index in [1.807, 2.05) is 49.1 Å². The van der Waals surface area contributed by atoms with E-state index in [2.05, 4.69) is 20.4 Å². The molecule has 0 atom stereocenters. The fourth-order valence-corrected chi connectivity index (χ4v) is 3.74. The van der Waals surface area contributed by atoms with Gasteiger partial charge in [0.2, 0.25) is 5.91 Å². The van der Waals surface area contributed by atoms with Gasteiger partial charge < -0.3 is 14.7 Å². The normalized spacial score (nSPS) is 14.4. The van der Waals surface area contributed by atoms with Gasteiger partial charge in [-0.25, -0.2) is 0 Å². The highest BCUT2D eigenvalue weighted by molar-refractivity contribution is 5.95. The average molecular weight is 434 g/mol. The number of amides is 2. The Labute approximate surface area is 187 Å². The van der Waals surface area contributed by atoms with Gasteiger partial charge in [0.15, 0.2) is 5.82 Å². The lowest BCUT2D eigenvalue weighted by molar-refractivity contribution is -0.117. The summed E-state index contributed by atoms with van der Waals surface area (Å²) in [5, 5.41) is 6.79. The zero-order chi connectivity index (χ0) is 22.7. The van der Waals surface area contributed by atoms with Crippen LogP contribution in [0.25, 0.3) is 11.5 Å². The van der Waals surface area contributed by atoms with E-state index in [4.69, 9.17) is 4.52 Å². The zero-order valence-electron chi connectivity index (χ0n) is 18.6. The van der Waals surface area contributed by atoms with Crippen molar-refractivity contribution in [3.63, 3.8) is 0 Å². The van der Waals surface area contributed by atoms with Crippen LogP contribution in [0, 0.1) is 20.8 Å². The van der Waals surface area contributed by atoms with Gasteiger partial charge in [0.1, 0.15) is 0 Å². The van der Waals surface area contributed by atoms with Crippen molar-refractivity contribution in [1.29, 1.82) is 0 Å². The monoisotopic (exact) mass is 433 g/mol. The summed E-state index contributed by atoms with van der Waals surface area (Å²) in [4.78, 5) is 33.4. The number of rotatable bonds is 5. The summed E-state index contributed by atoms with van der Waals surface area (Å²) in [6.45, 7) is 8.59. The fourth-order valence-electron chi connectivity index (χ4n) is 3.74. The Morgan fingerprint density at radius 2 is 1.72 bits per heavy atom. The van der Waals surface area contributed by atoms with Crippen molar-refractivity contribution < 1.29 is 14.1 Å². The lowest BCUT2D eigenvalue weighted by Crippen LogP contribution is -2.50. The molecule has 1 N–H and O–H groups in total. The van der Waals surface area contributed by atoms with Crippen LogP contribution in [-0.2, 0) is 4.79 Å². The molecule has 2 aromatic carbocycles. The van der Waals surface area contributed by atoms with Crippen molar-refractivity contribution in [3.8, 4) is 11.5 Å². The van der Waals surface area contributed by atoms with Crippen LogP contribution < -0.4 is 5.32 Å². The third-order valence-electron chi connectivity index (χ3n) is 5.81. The number of carbonyl (C=O) groups is 2. The van der Waals surface area contributed by atoms with Gasteiger partial charge in [0.25, 0.3) is 11.8 Å². The Kier molecular flexibility index (Phi) is 6.32. The largest absolute Gasteiger partial charge is 0.336 e. The van der Waals surface area contributed by atoms with Gasteiger partial charge in [-0.2, -0.15) is 4.98 Å². The van der Waals surface area contributed by atoms with Gasteiger partial charge in [-0.15, -0.1) is 0 Å². The van der Waals surface area contributed by atoms with Gasteiger partial charge in [0, 0.05) is 43.0 Å². The molecule has 8 nitrogen and oxygen atoms in total. The van der Waals surface area contributed by atoms with Crippen LogP contribution in [0.5, 0.6) is 0 Å². The molecule has 0 radical (unpaired) electrons. The Bertz CT molecular complexity index is 1110. The van der Waals surface area contributed by atoms with Crippen LogP contribution in [0.1, 0.15) is 27.3 Å². The van der Waals surface area contributed by atoms with Crippen LogP contribution in [0.3, 0.4) is 0 Å². The van der Waals surface area contributed by atoms with E-state index in [-0.39, 0.29) is 11.8 Å². The van der Waals surface area contributed by atoms with Crippen LogP contribution in [0.4, 0.5) is 5.69 Å². The first-order valence-corrected chi connectivity index (χ1v) is 10.7. The van der Waals surface area contributed by atoms with E-state index < -0.39 is 0 Å². The lowest BCUT2D eigenvalue weighted by Gasteiger charge is -2.34. The molecule has 0 aliphatic carbocycles. The Morgan fingerprint density at radius 3 is 2.38 bits per heavy atom. The number of anilines is 1. The predicted molar refractivity (Wildman–Crippen MR) is 121 cm³/mol. The molecule has 0 bridgehead atoms. The molecule has 1 fully saturated rings. The molecule has 8 heteroatoms. The first-order valence-electron chi connectivity index (χ1n) is 10.7. The van der Waals surface area contributed by atoms with E-state index in [1.54, 1.807) is 19.1 Å². The molecule has 2 amide bonds. The summed E-state index contributed by atoms with van der Waals surface area (Å²) in [5.41, 5.74) is 4.47. The van der Waals surface area contributed by atoms with E-state index in [1.165, 1.54) is 0 Å². The highest BCUT2D eigenvalue weighted by Gasteiger charge is 2.23. The molecule has 0 unspecified atom stereocenters. The first-order chi connectivity index (χ1) is 15.4. The number of piperazine rings is 1. The van der Waals surface area contributed by atoms with Crippen molar-refractivity contribution in [1.82, 2.24) is 19.9 Å². The van der Waals surface area contributed by atoms with Crippen molar-refractivity contribution in [2.75, 3.05) is 38.0 Å². The number of aromatic nitrogens is 2. The quantitative estimate of drug-likeness (QED) is 0.665. The highest BCUT2D eigenvalue weighted by Crippen LogP contribution is 2.20. The molecular formula is C24H27N5O3. The predicted octanol–water partition coefficient (Wildman–Crippen LogP) is 3.06. The van der Waals surface area contributed by atoms with Crippen molar-refractivity contribution >= 4 is 17.5 Å². The van der Waals surface area contributed by atoms with Crippen molar-refractivity contribution in [2.45, 2.75) is 20.8 Å². The number of hydrogen-bond donors (Lipinski definition) is 1. The lowest BCUT2D eigenvalue weighted by atomic mass is 10.1. The van der Waals surface area contributed by atoms with E-state index in [0.717, 1.165) is 22.4 Å². The Hall–Kier alpha value is -3.52. The van der Waals surface area contributed by atoms with Crippen LogP contribution >= 0.6 is 0 Å². The molecule has 1 saturated heterocycles. The fraction of sp³-hybridized carbons (Fsp3) is 0.333. The third kappa shape index (κ3) is 4.86. The second-order valence-electron chi connectivity index (χ2n) is 8.09. The number of nitrogens with one attached hydrogen (secondary N) is 1. The molecule has 1 aliphatic heterocycles. The second-order valence-corrected chi connectivity index (χ2v) is 8.09. The average Bonchev–Trinajstić information content (AvgIpc) is 3.23. The minimum atomic E-state index is -0.0367. The molecule has 4 rings (SSSR count). The summed E-state index contributed by atoms with van der Waals surface area (Å²) in [6.07, 6.45) is 0. The van der Waals surface area contributed by atoms with Gasteiger partial charge >= 0.3 is 0 Å². The molecule has 1 aromatic heterocycles. The van der Waals surface area contributed by atoms with Gasteiger partial charge in [-0.1, -0.05) is 17.3 Å². The van der Waals surface area contributed by atoms with Crippen molar-refractivity contribution in [2.24, 2.45) is 0 Å². The highest BCUT2D eigenvalue weighted by atomic mass is 16.5. The SMILES string of the molecule is Cc1noc(-c2ccc(C(=O)N3CCN(CC(=O)Nc4cccc(C)c4C)CC3)cc2)n1. The molecular weight excluding hydrogens is 406 g/mol. The van der Waals surface area contributed by atoms with E-state index >= 15 is 0 Å². The summed E-state index contributed by atoms with van der Waals surface area (Å²) in [6, 6.07) is 13.1.